The standard InChI is InChI=1S/C12H14N4O2/c1-8-13-12(16-15-8)14-11(17)7-9-5-3-4-6-10(9)18-2/h3-6H,7H2,1-2H3,(H2,13,14,15,16,17). The van der Waals surface area contributed by atoms with Crippen LogP contribution in [0.3, 0.4) is 0 Å². The highest BCUT2D eigenvalue weighted by Crippen LogP contribution is 2.17. The summed E-state index contributed by atoms with van der Waals surface area (Å²) in [4.78, 5) is 15.8. The van der Waals surface area contributed by atoms with Crippen LogP contribution >= 0.6 is 0 Å². The number of methoxy groups -OCH3 is 1. The lowest BCUT2D eigenvalue weighted by molar-refractivity contribution is -0.115. The van der Waals surface area contributed by atoms with Crippen molar-refractivity contribution in [1.29, 1.82) is 0 Å². The Hall–Kier alpha value is -2.37. The van der Waals surface area contributed by atoms with Crippen LogP contribution in [0.15, 0.2) is 24.3 Å². The number of rotatable bonds is 4. The zero-order valence-corrected chi connectivity index (χ0v) is 10.2. The average molecular weight is 246 g/mol. The minimum Gasteiger partial charge on any atom is -0.496 e. The predicted octanol–water partition coefficient (Wildman–Crippen LogP) is 1.30. The minimum atomic E-state index is -0.182. The van der Waals surface area contributed by atoms with Crippen LogP contribution in [-0.4, -0.2) is 28.2 Å². The van der Waals surface area contributed by atoms with Crippen LogP contribution in [0.2, 0.25) is 0 Å². The molecule has 1 aromatic carbocycles. The third-order valence-corrected chi connectivity index (χ3v) is 2.39. The largest absolute Gasteiger partial charge is 0.496 e. The SMILES string of the molecule is COc1ccccc1CC(=O)Nc1n[nH]c(C)n1. The molecular weight excluding hydrogens is 232 g/mol. The summed E-state index contributed by atoms with van der Waals surface area (Å²) < 4.78 is 5.18. The van der Waals surface area contributed by atoms with Gasteiger partial charge in [-0.05, 0) is 13.0 Å². The monoisotopic (exact) mass is 246 g/mol. The number of carbonyl (C=O) groups excluding carboxylic acids is 1. The van der Waals surface area contributed by atoms with E-state index in [0.717, 1.165) is 5.56 Å². The quantitative estimate of drug-likeness (QED) is 0.852. The third-order valence-electron chi connectivity index (χ3n) is 2.39. The van der Waals surface area contributed by atoms with Gasteiger partial charge in [-0.25, -0.2) is 0 Å². The normalized spacial score (nSPS) is 10.1. The maximum Gasteiger partial charge on any atom is 0.248 e. The van der Waals surface area contributed by atoms with E-state index in [9.17, 15) is 4.79 Å². The molecule has 0 saturated carbocycles. The number of aromatic amines is 1. The summed E-state index contributed by atoms with van der Waals surface area (Å²) in [5.41, 5.74) is 0.824. The molecule has 0 spiro atoms. The first-order valence-corrected chi connectivity index (χ1v) is 5.50. The molecule has 0 saturated heterocycles. The maximum atomic E-state index is 11.8. The molecule has 2 rings (SSSR count). The van der Waals surface area contributed by atoms with Gasteiger partial charge in [0.2, 0.25) is 11.9 Å². The van der Waals surface area contributed by atoms with E-state index in [4.69, 9.17) is 4.74 Å². The highest BCUT2D eigenvalue weighted by Gasteiger charge is 2.10. The van der Waals surface area contributed by atoms with E-state index < -0.39 is 0 Å². The van der Waals surface area contributed by atoms with Gasteiger partial charge >= 0.3 is 0 Å². The summed E-state index contributed by atoms with van der Waals surface area (Å²) in [6, 6.07) is 7.39. The number of amides is 1. The summed E-state index contributed by atoms with van der Waals surface area (Å²) in [6.45, 7) is 1.77. The Balaban J connectivity index is 2.03. The zero-order valence-electron chi connectivity index (χ0n) is 10.2. The van der Waals surface area contributed by atoms with E-state index in [2.05, 4.69) is 20.5 Å². The molecule has 18 heavy (non-hydrogen) atoms. The smallest absolute Gasteiger partial charge is 0.248 e. The highest BCUT2D eigenvalue weighted by molar-refractivity contribution is 5.90. The van der Waals surface area contributed by atoms with Crippen molar-refractivity contribution in [3.63, 3.8) is 0 Å². The fourth-order valence-corrected chi connectivity index (χ4v) is 1.59. The fraction of sp³-hybridized carbons (Fsp3) is 0.250. The second-order valence-corrected chi connectivity index (χ2v) is 3.78. The number of carbonyl (C=O) groups is 1. The van der Waals surface area contributed by atoms with Crippen molar-refractivity contribution in [3.05, 3.63) is 35.7 Å². The van der Waals surface area contributed by atoms with E-state index in [1.807, 2.05) is 24.3 Å². The number of para-hydroxylation sites is 1. The maximum absolute atomic E-state index is 11.8. The molecule has 2 N–H and O–H groups in total. The van der Waals surface area contributed by atoms with E-state index >= 15 is 0 Å². The van der Waals surface area contributed by atoms with Gasteiger partial charge in [0.25, 0.3) is 0 Å². The van der Waals surface area contributed by atoms with Crippen LogP contribution in [0.4, 0.5) is 5.95 Å². The molecule has 0 fully saturated rings. The Bertz CT molecular complexity index is 551. The molecule has 0 bridgehead atoms. The lowest BCUT2D eigenvalue weighted by Gasteiger charge is -2.07. The summed E-state index contributed by atoms with van der Waals surface area (Å²) in [6.07, 6.45) is 0.220. The summed E-state index contributed by atoms with van der Waals surface area (Å²) in [5.74, 6) is 1.45. The first-order valence-electron chi connectivity index (χ1n) is 5.50. The van der Waals surface area contributed by atoms with Crippen molar-refractivity contribution in [2.75, 3.05) is 12.4 Å². The molecule has 0 aliphatic carbocycles. The van der Waals surface area contributed by atoms with E-state index in [0.29, 0.717) is 11.6 Å². The summed E-state index contributed by atoms with van der Waals surface area (Å²) in [7, 11) is 1.58. The molecule has 0 aliphatic rings. The van der Waals surface area contributed by atoms with Crippen molar-refractivity contribution in [2.45, 2.75) is 13.3 Å². The first kappa shape index (κ1) is 12.1. The highest BCUT2D eigenvalue weighted by atomic mass is 16.5. The molecule has 1 amide bonds. The van der Waals surface area contributed by atoms with Gasteiger partial charge in [0.1, 0.15) is 11.6 Å². The van der Waals surface area contributed by atoms with Crippen LogP contribution in [0.1, 0.15) is 11.4 Å². The van der Waals surface area contributed by atoms with Crippen molar-refractivity contribution in [2.24, 2.45) is 0 Å². The van der Waals surface area contributed by atoms with Gasteiger partial charge in [-0.1, -0.05) is 18.2 Å². The second-order valence-electron chi connectivity index (χ2n) is 3.78. The number of nitrogens with one attached hydrogen (secondary N) is 2. The number of hydrogen-bond acceptors (Lipinski definition) is 4. The van der Waals surface area contributed by atoms with Crippen molar-refractivity contribution >= 4 is 11.9 Å². The van der Waals surface area contributed by atoms with Crippen molar-refractivity contribution < 1.29 is 9.53 Å². The number of anilines is 1. The third kappa shape index (κ3) is 2.85. The molecule has 1 heterocycles. The van der Waals surface area contributed by atoms with Crippen molar-refractivity contribution in [3.8, 4) is 5.75 Å². The van der Waals surface area contributed by atoms with Crippen LogP contribution in [0.5, 0.6) is 5.75 Å². The molecule has 1 aromatic heterocycles. The van der Waals surface area contributed by atoms with E-state index in [1.54, 1.807) is 14.0 Å². The average Bonchev–Trinajstić information content (AvgIpc) is 2.75. The van der Waals surface area contributed by atoms with Gasteiger partial charge in [-0.15, -0.1) is 5.10 Å². The molecule has 6 heteroatoms. The van der Waals surface area contributed by atoms with Crippen molar-refractivity contribution in [1.82, 2.24) is 15.2 Å². The number of nitrogens with zero attached hydrogens (tertiary/aromatic N) is 2. The van der Waals surface area contributed by atoms with Crippen LogP contribution in [0, 0.1) is 6.92 Å². The summed E-state index contributed by atoms with van der Waals surface area (Å²) in [5, 5.41) is 9.12. The van der Waals surface area contributed by atoms with E-state index in [1.165, 1.54) is 0 Å². The second kappa shape index (κ2) is 5.31. The number of hydrogen-bond donors (Lipinski definition) is 2. The number of ether oxygens (including phenoxy) is 1. The molecule has 0 aliphatic heterocycles. The Morgan fingerprint density at radius 1 is 1.44 bits per heavy atom. The van der Waals surface area contributed by atoms with Gasteiger partial charge in [0.15, 0.2) is 0 Å². The van der Waals surface area contributed by atoms with E-state index in [-0.39, 0.29) is 18.3 Å². The molecule has 0 radical (unpaired) electrons. The molecule has 2 aromatic rings. The van der Waals surface area contributed by atoms with Crippen LogP contribution in [0.25, 0.3) is 0 Å². The Kier molecular flexibility index (Phi) is 3.57. The molecule has 0 atom stereocenters. The number of benzene rings is 1. The predicted molar refractivity (Wildman–Crippen MR) is 66.4 cm³/mol. The van der Waals surface area contributed by atoms with Crippen LogP contribution in [-0.2, 0) is 11.2 Å². The van der Waals surface area contributed by atoms with Crippen LogP contribution < -0.4 is 10.1 Å². The molecular formula is C12H14N4O2. The lowest BCUT2D eigenvalue weighted by Crippen LogP contribution is -2.15. The first-order chi connectivity index (χ1) is 8.69. The molecule has 0 unspecified atom stereocenters. The number of aryl methyl sites for hydroxylation is 1. The van der Waals surface area contributed by atoms with Gasteiger partial charge in [-0.3, -0.25) is 15.2 Å². The zero-order chi connectivity index (χ0) is 13.0. The van der Waals surface area contributed by atoms with Gasteiger partial charge in [0.05, 0.1) is 13.5 Å². The molecule has 6 nitrogen and oxygen atoms in total. The molecule has 94 valence electrons. The topological polar surface area (TPSA) is 79.9 Å². The Labute approximate surface area is 104 Å². The Morgan fingerprint density at radius 3 is 2.89 bits per heavy atom. The number of H-pyrrole nitrogens is 1. The summed E-state index contributed by atoms with van der Waals surface area (Å²) >= 11 is 0. The fourth-order valence-electron chi connectivity index (χ4n) is 1.59. The lowest BCUT2D eigenvalue weighted by atomic mass is 10.1. The van der Waals surface area contributed by atoms with Gasteiger partial charge in [-0.2, -0.15) is 4.98 Å². The van der Waals surface area contributed by atoms with Gasteiger partial charge < -0.3 is 4.74 Å². The van der Waals surface area contributed by atoms with Gasteiger partial charge in [0, 0.05) is 5.56 Å². The Morgan fingerprint density at radius 2 is 2.22 bits per heavy atom. The number of aromatic nitrogens is 3. The minimum absolute atomic E-state index is 0.182.